The Morgan fingerprint density at radius 3 is 2.75 bits per heavy atom. The second-order valence-electron chi connectivity index (χ2n) is 7.90. The highest BCUT2D eigenvalue weighted by Crippen LogP contribution is 2.21. The van der Waals surface area contributed by atoms with E-state index >= 15 is 0 Å². The van der Waals surface area contributed by atoms with Crippen LogP contribution < -0.4 is 10.2 Å². The molecule has 0 radical (unpaired) electrons. The van der Waals surface area contributed by atoms with Gasteiger partial charge in [-0.2, -0.15) is 0 Å². The fraction of sp³-hybridized carbons (Fsp3) is 0.500. The molecule has 0 aliphatic carbocycles. The molecule has 3 rings (SSSR count). The summed E-state index contributed by atoms with van der Waals surface area (Å²) in [6, 6.07) is 8.12. The zero-order valence-electron chi connectivity index (χ0n) is 17.1. The lowest BCUT2D eigenvalue weighted by Crippen LogP contribution is -2.43. The van der Waals surface area contributed by atoms with E-state index in [0.29, 0.717) is 12.5 Å². The number of carbonyl (C=O) groups is 1. The van der Waals surface area contributed by atoms with Gasteiger partial charge in [-0.15, -0.1) is 0 Å². The third kappa shape index (κ3) is 5.44. The first-order chi connectivity index (χ1) is 13.5. The molecule has 1 unspecified atom stereocenters. The van der Waals surface area contributed by atoms with Gasteiger partial charge in [-0.05, 0) is 49.4 Å². The number of aromatic nitrogens is 2. The van der Waals surface area contributed by atoms with Crippen LogP contribution in [0.25, 0.3) is 0 Å². The van der Waals surface area contributed by atoms with Crippen molar-refractivity contribution in [1.29, 1.82) is 0 Å². The number of carbonyl (C=O) groups excluding carboxylic acids is 1. The van der Waals surface area contributed by atoms with Crippen molar-refractivity contribution in [2.24, 2.45) is 5.92 Å². The summed E-state index contributed by atoms with van der Waals surface area (Å²) in [5, 5.41) is 3.24. The molecule has 150 valence electrons. The second-order valence-corrected chi connectivity index (χ2v) is 7.90. The van der Waals surface area contributed by atoms with Crippen LogP contribution >= 0.6 is 0 Å². The molecule has 0 spiro atoms. The predicted molar refractivity (Wildman–Crippen MR) is 112 cm³/mol. The highest BCUT2D eigenvalue weighted by Gasteiger charge is 2.23. The summed E-state index contributed by atoms with van der Waals surface area (Å²) in [5.74, 6) is 0.486. The van der Waals surface area contributed by atoms with Gasteiger partial charge in [-0.1, -0.05) is 19.9 Å². The molecular formula is C22H31N5O. The Hall–Kier alpha value is -2.63. The van der Waals surface area contributed by atoms with Gasteiger partial charge in [0.25, 0.3) is 0 Å². The van der Waals surface area contributed by atoms with Crippen molar-refractivity contribution in [3.8, 4) is 0 Å². The molecular weight excluding hydrogens is 350 g/mol. The molecule has 6 nitrogen and oxygen atoms in total. The number of aryl methyl sites for hydroxylation is 1. The Morgan fingerprint density at radius 2 is 2.04 bits per heavy atom. The molecule has 3 heterocycles. The average Bonchev–Trinajstić information content (AvgIpc) is 2.94. The van der Waals surface area contributed by atoms with Gasteiger partial charge in [0.15, 0.2) is 0 Å². The Labute approximate surface area is 168 Å². The van der Waals surface area contributed by atoms with Crippen LogP contribution in [0, 0.1) is 12.8 Å². The predicted octanol–water partition coefficient (Wildman–Crippen LogP) is 3.79. The van der Waals surface area contributed by atoms with E-state index < -0.39 is 0 Å². The number of anilines is 1. The van der Waals surface area contributed by atoms with Crippen molar-refractivity contribution in [2.45, 2.75) is 39.7 Å². The summed E-state index contributed by atoms with van der Waals surface area (Å²) in [7, 11) is 0. The maximum Gasteiger partial charge on any atom is 0.317 e. The number of amides is 2. The number of pyridine rings is 2. The van der Waals surface area contributed by atoms with E-state index in [1.165, 1.54) is 5.69 Å². The Kier molecular flexibility index (Phi) is 6.85. The van der Waals surface area contributed by atoms with Crippen LogP contribution in [0.3, 0.4) is 0 Å². The van der Waals surface area contributed by atoms with Crippen LogP contribution in [-0.4, -0.2) is 47.1 Å². The minimum atomic E-state index is -0.0107. The first kappa shape index (κ1) is 20.1. The summed E-state index contributed by atoms with van der Waals surface area (Å²) < 4.78 is 0. The van der Waals surface area contributed by atoms with Crippen LogP contribution in [-0.2, 0) is 0 Å². The van der Waals surface area contributed by atoms with E-state index in [9.17, 15) is 4.79 Å². The van der Waals surface area contributed by atoms with Gasteiger partial charge in [0.05, 0.1) is 6.04 Å². The van der Waals surface area contributed by atoms with Crippen LogP contribution in [0.4, 0.5) is 10.5 Å². The monoisotopic (exact) mass is 381 g/mol. The highest BCUT2D eigenvalue weighted by atomic mass is 16.2. The first-order valence-electron chi connectivity index (χ1n) is 10.2. The van der Waals surface area contributed by atoms with Gasteiger partial charge in [0.1, 0.15) is 0 Å². The largest absolute Gasteiger partial charge is 0.370 e. The van der Waals surface area contributed by atoms with Crippen molar-refractivity contribution in [1.82, 2.24) is 20.2 Å². The molecule has 1 aliphatic rings. The molecule has 1 aliphatic heterocycles. The maximum atomic E-state index is 13.0. The molecule has 0 saturated carbocycles. The molecule has 28 heavy (non-hydrogen) atoms. The molecule has 1 N–H and O–H groups in total. The Morgan fingerprint density at radius 1 is 1.18 bits per heavy atom. The first-order valence-corrected chi connectivity index (χ1v) is 10.2. The van der Waals surface area contributed by atoms with Crippen LogP contribution in [0.1, 0.15) is 44.0 Å². The van der Waals surface area contributed by atoms with E-state index in [4.69, 9.17) is 0 Å². The van der Waals surface area contributed by atoms with Gasteiger partial charge in [-0.3, -0.25) is 9.97 Å². The lowest BCUT2D eigenvalue weighted by atomic mass is 9.98. The molecule has 2 aromatic rings. The molecule has 0 aromatic carbocycles. The summed E-state index contributed by atoms with van der Waals surface area (Å²) >= 11 is 0. The van der Waals surface area contributed by atoms with E-state index in [1.54, 1.807) is 6.20 Å². The van der Waals surface area contributed by atoms with Gasteiger partial charge in [0.2, 0.25) is 0 Å². The van der Waals surface area contributed by atoms with Crippen molar-refractivity contribution < 1.29 is 4.79 Å². The number of urea groups is 1. The van der Waals surface area contributed by atoms with Gasteiger partial charge in [0, 0.05) is 56.2 Å². The second kappa shape index (κ2) is 9.53. The highest BCUT2D eigenvalue weighted by molar-refractivity contribution is 5.75. The minimum absolute atomic E-state index is 0.0107. The van der Waals surface area contributed by atoms with E-state index in [0.717, 1.165) is 43.7 Å². The number of nitrogens with zero attached hydrogens (tertiary/aromatic N) is 4. The third-order valence-corrected chi connectivity index (χ3v) is 5.12. The number of nitrogens with one attached hydrogen (secondary N) is 1. The summed E-state index contributed by atoms with van der Waals surface area (Å²) in [6.07, 6.45) is 7.32. The van der Waals surface area contributed by atoms with Gasteiger partial charge in [-0.25, -0.2) is 4.79 Å². The van der Waals surface area contributed by atoms with Crippen molar-refractivity contribution in [3.05, 3.63) is 54.1 Å². The molecule has 0 bridgehead atoms. The van der Waals surface area contributed by atoms with Crippen molar-refractivity contribution in [2.75, 3.05) is 31.1 Å². The molecule has 1 atom stereocenters. The number of rotatable bonds is 5. The molecule has 6 heteroatoms. The smallest absolute Gasteiger partial charge is 0.317 e. The Bertz CT molecular complexity index is 765. The van der Waals surface area contributed by atoms with Crippen LogP contribution in [0.5, 0.6) is 0 Å². The minimum Gasteiger partial charge on any atom is -0.370 e. The normalized spacial score (nSPS) is 16.0. The van der Waals surface area contributed by atoms with Crippen LogP contribution in [0.2, 0.25) is 0 Å². The third-order valence-electron chi connectivity index (χ3n) is 5.12. The Balaban J connectivity index is 1.63. The fourth-order valence-corrected chi connectivity index (χ4v) is 3.68. The summed E-state index contributed by atoms with van der Waals surface area (Å²) in [5.41, 5.74) is 3.26. The topological polar surface area (TPSA) is 61.4 Å². The number of hydrogen-bond donors (Lipinski definition) is 1. The van der Waals surface area contributed by atoms with Crippen molar-refractivity contribution >= 4 is 11.7 Å². The number of hydrogen-bond acceptors (Lipinski definition) is 4. The molecule has 1 saturated heterocycles. The lowest BCUT2D eigenvalue weighted by molar-refractivity contribution is 0.195. The summed E-state index contributed by atoms with van der Waals surface area (Å²) in [4.78, 5) is 25.8. The van der Waals surface area contributed by atoms with E-state index in [-0.39, 0.29) is 12.1 Å². The SMILES string of the molecule is Cc1cc(N2CCCN(C(=O)NC(CC(C)C)c3cccnc3)CC2)ccn1. The van der Waals surface area contributed by atoms with Gasteiger partial charge < -0.3 is 15.1 Å². The fourth-order valence-electron chi connectivity index (χ4n) is 3.68. The van der Waals surface area contributed by atoms with Gasteiger partial charge >= 0.3 is 6.03 Å². The summed E-state index contributed by atoms with van der Waals surface area (Å²) in [6.45, 7) is 9.63. The van der Waals surface area contributed by atoms with E-state index in [1.807, 2.05) is 42.4 Å². The average molecular weight is 382 g/mol. The zero-order chi connectivity index (χ0) is 19.9. The molecule has 2 aromatic heterocycles. The van der Waals surface area contributed by atoms with E-state index in [2.05, 4.69) is 40.1 Å². The van der Waals surface area contributed by atoms with Crippen molar-refractivity contribution in [3.63, 3.8) is 0 Å². The maximum absolute atomic E-state index is 13.0. The molecule has 2 amide bonds. The lowest BCUT2D eigenvalue weighted by Gasteiger charge is -2.27. The standard InChI is InChI=1S/C22H31N5O/c1-17(2)14-21(19-6-4-8-23-16-19)25-22(28)27-11-5-10-26(12-13-27)20-7-9-24-18(3)15-20/h4,6-9,15-17,21H,5,10-14H2,1-3H3,(H,25,28). The molecule has 1 fully saturated rings. The quantitative estimate of drug-likeness (QED) is 0.856. The zero-order valence-corrected chi connectivity index (χ0v) is 17.1. The van der Waals surface area contributed by atoms with Crippen LogP contribution in [0.15, 0.2) is 42.9 Å².